The molecule has 0 spiro atoms. The topological polar surface area (TPSA) is 54.2 Å². The van der Waals surface area contributed by atoms with Crippen molar-refractivity contribution in [3.63, 3.8) is 0 Å². The zero-order valence-corrected chi connectivity index (χ0v) is 10.3. The summed E-state index contributed by atoms with van der Waals surface area (Å²) < 4.78 is 0. The van der Waals surface area contributed by atoms with E-state index in [1.807, 2.05) is 18.2 Å². The summed E-state index contributed by atoms with van der Waals surface area (Å²) in [7, 11) is 0. The molecule has 0 radical (unpaired) electrons. The van der Waals surface area contributed by atoms with E-state index in [0.29, 0.717) is 0 Å². The summed E-state index contributed by atoms with van der Waals surface area (Å²) in [6, 6.07) is 5.91. The first-order valence-electron chi connectivity index (χ1n) is 5.63. The van der Waals surface area contributed by atoms with Crippen molar-refractivity contribution >= 4 is 23.4 Å². The van der Waals surface area contributed by atoms with Crippen LogP contribution < -0.4 is 16.2 Å². The van der Waals surface area contributed by atoms with E-state index in [2.05, 4.69) is 34.0 Å². The average Bonchev–Trinajstić information content (AvgIpc) is 2.39. The molecule has 5 heteroatoms. The van der Waals surface area contributed by atoms with Gasteiger partial charge in [-0.15, -0.1) is 0 Å². The average molecular weight is 238 g/mol. The predicted octanol–water partition coefficient (Wildman–Crippen LogP) is 1.70. The number of anilines is 2. The van der Waals surface area contributed by atoms with Crippen LogP contribution in [0.3, 0.4) is 0 Å². The summed E-state index contributed by atoms with van der Waals surface area (Å²) in [5.74, 6) is 8.30. The van der Waals surface area contributed by atoms with Gasteiger partial charge >= 0.3 is 0 Å². The second kappa shape index (κ2) is 5.41. The summed E-state index contributed by atoms with van der Waals surface area (Å²) in [6.45, 7) is 4.40. The van der Waals surface area contributed by atoms with Crippen molar-refractivity contribution in [2.45, 2.75) is 18.6 Å². The molecule has 1 atom stereocenters. The number of nitrogens with zero attached hydrogens (tertiary/aromatic N) is 2. The van der Waals surface area contributed by atoms with Crippen LogP contribution in [-0.2, 0) is 0 Å². The van der Waals surface area contributed by atoms with E-state index in [1.54, 1.807) is 0 Å². The van der Waals surface area contributed by atoms with Crippen LogP contribution >= 0.6 is 11.8 Å². The molecular weight excluding hydrogens is 220 g/mol. The van der Waals surface area contributed by atoms with Crippen LogP contribution in [0.1, 0.15) is 13.3 Å². The molecule has 1 unspecified atom stereocenters. The summed E-state index contributed by atoms with van der Waals surface area (Å²) in [4.78, 5) is 6.80. The lowest BCUT2D eigenvalue weighted by atomic mass is 10.3. The number of hydrogen-bond acceptors (Lipinski definition) is 5. The minimum Gasteiger partial charge on any atom is -0.355 e. The Kier molecular flexibility index (Phi) is 3.90. The lowest BCUT2D eigenvalue weighted by Crippen LogP contribution is -2.38. The lowest BCUT2D eigenvalue weighted by molar-refractivity contribution is 0.720. The first-order chi connectivity index (χ1) is 7.83. The van der Waals surface area contributed by atoms with Gasteiger partial charge in [0.05, 0.1) is 0 Å². The van der Waals surface area contributed by atoms with E-state index in [9.17, 15) is 0 Å². The standard InChI is InChI=1S/C11H18N4S/c1-2-9-8-15(6-7-16-9)11-5-3-4-10(13-11)14-12/h3-5,9H,2,6-8,12H2,1H3,(H,13,14). The molecular formula is C11H18N4S. The molecule has 2 heterocycles. The summed E-state index contributed by atoms with van der Waals surface area (Å²) in [6.07, 6.45) is 1.22. The number of rotatable bonds is 3. The van der Waals surface area contributed by atoms with Gasteiger partial charge in [-0.3, -0.25) is 0 Å². The van der Waals surface area contributed by atoms with Gasteiger partial charge < -0.3 is 10.3 Å². The largest absolute Gasteiger partial charge is 0.355 e. The molecule has 0 saturated carbocycles. The molecule has 1 aromatic heterocycles. The maximum absolute atomic E-state index is 5.37. The third-order valence-electron chi connectivity index (χ3n) is 2.80. The normalized spacial score (nSPS) is 20.9. The van der Waals surface area contributed by atoms with Gasteiger partial charge in [0.15, 0.2) is 0 Å². The Morgan fingerprint density at radius 1 is 1.62 bits per heavy atom. The van der Waals surface area contributed by atoms with Crippen molar-refractivity contribution < 1.29 is 0 Å². The smallest absolute Gasteiger partial charge is 0.142 e. The summed E-state index contributed by atoms with van der Waals surface area (Å²) in [5, 5.41) is 0.727. The van der Waals surface area contributed by atoms with E-state index in [1.165, 1.54) is 12.2 Å². The molecule has 3 N–H and O–H groups in total. The van der Waals surface area contributed by atoms with E-state index in [0.717, 1.165) is 30.0 Å². The SMILES string of the molecule is CCC1CN(c2cccc(NN)n2)CCS1. The third kappa shape index (κ3) is 2.59. The molecule has 1 saturated heterocycles. The zero-order valence-electron chi connectivity index (χ0n) is 9.52. The molecule has 88 valence electrons. The second-order valence-electron chi connectivity index (χ2n) is 3.87. The molecule has 4 nitrogen and oxygen atoms in total. The highest BCUT2D eigenvalue weighted by atomic mass is 32.2. The number of hydrogen-bond donors (Lipinski definition) is 2. The maximum Gasteiger partial charge on any atom is 0.142 e. The van der Waals surface area contributed by atoms with Crippen molar-refractivity contribution in [1.29, 1.82) is 0 Å². The highest BCUT2D eigenvalue weighted by molar-refractivity contribution is 8.00. The lowest BCUT2D eigenvalue weighted by Gasteiger charge is -2.32. The van der Waals surface area contributed by atoms with Gasteiger partial charge in [0.25, 0.3) is 0 Å². The Labute approximate surface area is 101 Å². The van der Waals surface area contributed by atoms with Crippen LogP contribution in [-0.4, -0.2) is 29.1 Å². The maximum atomic E-state index is 5.37. The number of hydrazine groups is 1. The van der Waals surface area contributed by atoms with Crippen molar-refractivity contribution in [3.8, 4) is 0 Å². The van der Waals surface area contributed by atoms with Gasteiger partial charge in [0.1, 0.15) is 11.6 Å². The highest BCUT2D eigenvalue weighted by Crippen LogP contribution is 2.25. The van der Waals surface area contributed by atoms with E-state index in [-0.39, 0.29) is 0 Å². The van der Waals surface area contributed by atoms with Crippen LogP contribution in [0.15, 0.2) is 18.2 Å². The van der Waals surface area contributed by atoms with Gasteiger partial charge in [-0.05, 0) is 18.6 Å². The molecule has 16 heavy (non-hydrogen) atoms. The van der Waals surface area contributed by atoms with Crippen molar-refractivity contribution in [2.75, 3.05) is 29.2 Å². The van der Waals surface area contributed by atoms with Gasteiger partial charge in [0, 0.05) is 24.1 Å². The fourth-order valence-corrected chi connectivity index (χ4v) is 3.03. The molecule has 1 aliphatic rings. The number of nitrogens with one attached hydrogen (secondary N) is 1. The van der Waals surface area contributed by atoms with Crippen LogP contribution in [0.2, 0.25) is 0 Å². The minimum atomic E-state index is 0.726. The zero-order chi connectivity index (χ0) is 11.4. The molecule has 1 aliphatic heterocycles. The first-order valence-corrected chi connectivity index (χ1v) is 6.68. The molecule has 1 aromatic rings. The number of pyridine rings is 1. The quantitative estimate of drug-likeness (QED) is 0.620. The summed E-state index contributed by atoms with van der Waals surface area (Å²) >= 11 is 2.06. The molecule has 2 rings (SSSR count). The fourth-order valence-electron chi connectivity index (χ4n) is 1.85. The van der Waals surface area contributed by atoms with Crippen LogP contribution in [0.4, 0.5) is 11.6 Å². The molecule has 0 amide bonds. The van der Waals surface area contributed by atoms with E-state index < -0.39 is 0 Å². The number of nitrogen functional groups attached to an aromatic ring is 1. The molecule has 0 bridgehead atoms. The second-order valence-corrected chi connectivity index (χ2v) is 5.28. The third-order valence-corrected chi connectivity index (χ3v) is 4.17. The summed E-state index contributed by atoms with van der Waals surface area (Å²) in [5.41, 5.74) is 2.59. The number of thioether (sulfide) groups is 1. The molecule has 1 fully saturated rings. The van der Waals surface area contributed by atoms with Crippen LogP contribution in [0.25, 0.3) is 0 Å². The van der Waals surface area contributed by atoms with Gasteiger partial charge in [0.2, 0.25) is 0 Å². The highest BCUT2D eigenvalue weighted by Gasteiger charge is 2.19. The van der Waals surface area contributed by atoms with Crippen LogP contribution in [0.5, 0.6) is 0 Å². The van der Waals surface area contributed by atoms with Gasteiger partial charge in [-0.2, -0.15) is 11.8 Å². The monoisotopic (exact) mass is 238 g/mol. The molecule has 0 aromatic carbocycles. The Morgan fingerprint density at radius 3 is 3.25 bits per heavy atom. The Morgan fingerprint density at radius 2 is 2.50 bits per heavy atom. The number of nitrogens with two attached hydrogens (primary N) is 1. The number of aromatic nitrogens is 1. The predicted molar refractivity (Wildman–Crippen MR) is 70.8 cm³/mol. The van der Waals surface area contributed by atoms with Crippen LogP contribution in [0, 0.1) is 0 Å². The van der Waals surface area contributed by atoms with Crippen molar-refractivity contribution in [2.24, 2.45) is 5.84 Å². The first kappa shape index (κ1) is 11.5. The minimum absolute atomic E-state index is 0.726. The Bertz CT molecular complexity index is 345. The molecule has 0 aliphatic carbocycles. The van der Waals surface area contributed by atoms with Gasteiger partial charge in [-0.25, -0.2) is 10.8 Å². The van der Waals surface area contributed by atoms with E-state index in [4.69, 9.17) is 5.84 Å². The Hall–Kier alpha value is -0.940. The van der Waals surface area contributed by atoms with E-state index >= 15 is 0 Å². The fraction of sp³-hybridized carbons (Fsp3) is 0.545. The van der Waals surface area contributed by atoms with Crippen molar-refractivity contribution in [3.05, 3.63) is 18.2 Å². The Balaban J connectivity index is 2.10. The van der Waals surface area contributed by atoms with Crippen molar-refractivity contribution in [1.82, 2.24) is 4.98 Å². The van der Waals surface area contributed by atoms with Gasteiger partial charge in [-0.1, -0.05) is 13.0 Å².